The summed E-state index contributed by atoms with van der Waals surface area (Å²) in [5.74, 6) is -0.219. The monoisotopic (exact) mass is 210 g/mol. The zero-order chi connectivity index (χ0) is 11.6. The van der Waals surface area contributed by atoms with Crippen LogP contribution in [0.3, 0.4) is 0 Å². The second-order valence-corrected chi connectivity index (χ2v) is 4.42. The predicted octanol–water partition coefficient (Wildman–Crippen LogP) is 1.09. The number of nitriles is 1. The first-order valence-corrected chi connectivity index (χ1v) is 4.77. The van der Waals surface area contributed by atoms with Crippen molar-refractivity contribution in [1.82, 2.24) is 4.90 Å². The van der Waals surface area contributed by atoms with Crippen LogP contribution in [0.1, 0.15) is 27.2 Å². The van der Waals surface area contributed by atoms with Crippen LogP contribution >= 0.6 is 0 Å². The SMILES string of the molecule is CC(C)(C)OC(=O)N1CCC(=O)C1C#N. The highest BCUT2D eigenvalue weighted by atomic mass is 16.6. The second kappa shape index (κ2) is 3.89. The molecule has 1 saturated heterocycles. The summed E-state index contributed by atoms with van der Waals surface area (Å²) in [5.41, 5.74) is -0.608. The molecule has 0 radical (unpaired) electrons. The molecule has 1 unspecified atom stereocenters. The van der Waals surface area contributed by atoms with Gasteiger partial charge in [-0.15, -0.1) is 0 Å². The number of carbonyl (C=O) groups excluding carboxylic acids is 2. The Hall–Kier alpha value is -1.57. The van der Waals surface area contributed by atoms with Gasteiger partial charge in [0.25, 0.3) is 0 Å². The topological polar surface area (TPSA) is 70.4 Å². The fourth-order valence-electron chi connectivity index (χ4n) is 1.33. The molecule has 0 N–H and O–H groups in total. The normalized spacial score (nSPS) is 21.3. The summed E-state index contributed by atoms with van der Waals surface area (Å²) < 4.78 is 5.09. The number of hydrogen-bond donors (Lipinski definition) is 0. The van der Waals surface area contributed by atoms with Gasteiger partial charge in [0, 0.05) is 13.0 Å². The van der Waals surface area contributed by atoms with Crippen LogP contribution < -0.4 is 0 Å². The van der Waals surface area contributed by atoms with Crippen molar-refractivity contribution < 1.29 is 14.3 Å². The van der Waals surface area contributed by atoms with Crippen LogP contribution in [0, 0.1) is 11.3 Å². The van der Waals surface area contributed by atoms with Gasteiger partial charge in [-0.1, -0.05) is 0 Å². The first kappa shape index (κ1) is 11.5. The molecule has 5 nitrogen and oxygen atoms in total. The van der Waals surface area contributed by atoms with Crippen LogP contribution in [0.5, 0.6) is 0 Å². The first-order chi connectivity index (χ1) is 6.85. The quantitative estimate of drug-likeness (QED) is 0.600. The Kier molecular flexibility index (Phi) is 2.98. The van der Waals surface area contributed by atoms with Crippen LogP contribution in [0.15, 0.2) is 0 Å². The van der Waals surface area contributed by atoms with Crippen LogP contribution in [-0.2, 0) is 9.53 Å². The lowest BCUT2D eigenvalue weighted by Crippen LogP contribution is -2.40. The lowest BCUT2D eigenvalue weighted by molar-refractivity contribution is -0.118. The number of hydrogen-bond acceptors (Lipinski definition) is 4. The van der Waals surface area contributed by atoms with Gasteiger partial charge in [0.15, 0.2) is 11.8 Å². The summed E-state index contributed by atoms with van der Waals surface area (Å²) >= 11 is 0. The van der Waals surface area contributed by atoms with Gasteiger partial charge in [-0.3, -0.25) is 9.69 Å². The average Bonchev–Trinajstić information content (AvgIpc) is 2.43. The van der Waals surface area contributed by atoms with E-state index in [-0.39, 0.29) is 18.7 Å². The summed E-state index contributed by atoms with van der Waals surface area (Å²) in [5, 5.41) is 8.73. The van der Waals surface area contributed by atoms with E-state index in [2.05, 4.69) is 0 Å². The van der Waals surface area contributed by atoms with Crippen molar-refractivity contribution in [2.45, 2.75) is 38.8 Å². The Morgan fingerprint density at radius 2 is 2.20 bits per heavy atom. The van der Waals surface area contributed by atoms with Crippen LogP contribution in [0.25, 0.3) is 0 Å². The fraction of sp³-hybridized carbons (Fsp3) is 0.700. The first-order valence-electron chi connectivity index (χ1n) is 4.77. The number of ether oxygens (including phenoxy) is 1. The Labute approximate surface area is 88.6 Å². The molecule has 1 aliphatic rings. The van der Waals surface area contributed by atoms with E-state index in [4.69, 9.17) is 10.00 Å². The molecule has 1 heterocycles. The van der Waals surface area contributed by atoms with Gasteiger partial charge in [0.05, 0.1) is 6.07 Å². The van der Waals surface area contributed by atoms with Crippen molar-refractivity contribution in [3.8, 4) is 6.07 Å². The molecule has 0 aromatic heterocycles. The van der Waals surface area contributed by atoms with Gasteiger partial charge in [-0.2, -0.15) is 5.26 Å². The molecular weight excluding hydrogens is 196 g/mol. The van der Waals surface area contributed by atoms with E-state index in [1.54, 1.807) is 26.8 Å². The summed E-state index contributed by atoms with van der Waals surface area (Å²) in [6.07, 6.45) is -0.364. The maximum absolute atomic E-state index is 11.6. The van der Waals surface area contributed by atoms with Gasteiger partial charge in [-0.05, 0) is 20.8 Å². The number of nitrogens with zero attached hydrogens (tertiary/aromatic N) is 2. The number of likely N-dealkylation sites (tertiary alicyclic amines) is 1. The van der Waals surface area contributed by atoms with Crippen LogP contribution in [-0.4, -0.2) is 35.0 Å². The van der Waals surface area contributed by atoms with Gasteiger partial charge >= 0.3 is 6.09 Å². The van der Waals surface area contributed by atoms with Crippen molar-refractivity contribution in [2.24, 2.45) is 0 Å². The fourth-order valence-corrected chi connectivity index (χ4v) is 1.33. The van der Waals surface area contributed by atoms with Gasteiger partial charge in [0.1, 0.15) is 5.60 Å². The summed E-state index contributed by atoms with van der Waals surface area (Å²) in [4.78, 5) is 24.0. The van der Waals surface area contributed by atoms with E-state index in [1.807, 2.05) is 0 Å². The zero-order valence-corrected chi connectivity index (χ0v) is 9.11. The van der Waals surface area contributed by atoms with Crippen LogP contribution in [0.4, 0.5) is 4.79 Å². The molecule has 0 bridgehead atoms. The molecule has 1 atom stereocenters. The van der Waals surface area contributed by atoms with Crippen molar-refractivity contribution >= 4 is 11.9 Å². The Morgan fingerprint density at radius 1 is 1.60 bits per heavy atom. The third kappa shape index (κ3) is 2.69. The van der Waals surface area contributed by atoms with E-state index in [0.717, 1.165) is 0 Å². The summed E-state index contributed by atoms with van der Waals surface area (Å²) in [7, 11) is 0. The molecule has 0 aliphatic carbocycles. The molecule has 0 aromatic carbocycles. The minimum absolute atomic E-state index is 0.219. The molecule has 0 aromatic rings. The smallest absolute Gasteiger partial charge is 0.411 e. The standard InChI is InChI=1S/C10H14N2O3/c1-10(2,3)15-9(14)12-5-4-8(13)7(12)6-11/h7H,4-5H2,1-3H3. The largest absolute Gasteiger partial charge is 0.444 e. The predicted molar refractivity (Wildman–Crippen MR) is 52.0 cm³/mol. The molecule has 15 heavy (non-hydrogen) atoms. The maximum Gasteiger partial charge on any atom is 0.411 e. The van der Waals surface area contributed by atoms with Crippen molar-refractivity contribution in [2.75, 3.05) is 6.54 Å². The number of carbonyl (C=O) groups is 2. The minimum atomic E-state index is -0.972. The maximum atomic E-state index is 11.6. The Balaban J connectivity index is 2.70. The molecule has 1 amide bonds. The van der Waals surface area contributed by atoms with Gasteiger partial charge in [-0.25, -0.2) is 4.79 Å². The van der Waals surface area contributed by atoms with E-state index < -0.39 is 17.7 Å². The molecule has 0 spiro atoms. The Bertz CT molecular complexity index is 325. The lowest BCUT2D eigenvalue weighted by Gasteiger charge is -2.25. The van der Waals surface area contributed by atoms with Crippen molar-refractivity contribution in [3.05, 3.63) is 0 Å². The molecular formula is C10H14N2O3. The number of Topliss-reactive ketones (excluding diaryl/α,β-unsaturated/α-hetero) is 1. The average molecular weight is 210 g/mol. The molecule has 0 saturated carbocycles. The number of ketones is 1. The molecule has 5 heteroatoms. The van der Waals surface area contributed by atoms with Gasteiger partial charge < -0.3 is 4.74 Å². The molecule has 1 fully saturated rings. The third-order valence-corrected chi connectivity index (χ3v) is 1.97. The van der Waals surface area contributed by atoms with Crippen molar-refractivity contribution in [1.29, 1.82) is 5.26 Å². The second-order valence-electron chi connectivity index (χ2n) is 4.42. The van der Waals surface area contributed by atoms with E-state index >= 15 is 0 Å². The molecule has 1 rings (SSSR count). The highest BCUT2D eigenvalue weighted by Crippen LogP contribution is 2.17. The number of rotatable bonds is 0. The summed E-state index contributed by atoms with van der Waals surface area (Å²) in [6, 6.07) is 0.834. The van der Waals surface area contributed by atoms with Gasteiger partial charge in [0.2, 0.25) is 0 Å². The Morgan fingerprint density at radius 3 is 2.67 bits per heavy atom. The molecule has 1 aliphatic heterocycles. The number of amides is 1. The minimum Gasteiger partial charge on any atom is -0.444 e. The summed E-state index contributed by atoms with van der Waals surface area (Å²) in [6.45, 7) is 5.49. The molecule has 82 valence electrons. The zero-order valence-electron chi connectivity index (χ0n) is 9.11. The van der Waals surface area contributed by atoms with Crippen molar-refractivity contribution in [3.63, 3.8) is 0 Å². The van der Waals surface area contributed by atoms with Crippen LogP contribution in [0.2, 0.25) is 0 Å². The highest BCUT2D eigenvalue weighted by molar-refractivity contribution is 5.93. The lowest BCUT2D eigenvalue weighted by atomic mass is 10.2. The third-order valence-electron chi connectivity index (χ3n) is 1.97. The van der Waals surface area contributed by atoms with E-state index in [9.17, 15) is 9.59 Å². The van der Waals surface area contributed by atoms with E-state index in [1.165, 1.54) is 4.90 Å². The highest BCUT2D eigenvalue weighted by Gasteiger charge is 2.37. The van der Waals surface area contributed by atoms with E-state index in [0.29, 0.717) is 0 Å².